The minimum Gasteiger partial charge on any atom is -0.462 e. The summed E-state index contributed by atoms with van der Waals surface area (Å²) in [6, 6.07) is 0. The van der Waals surface area contributed by atoms with Crippen LogP contribution in [0.25, 0.3) is 0 Å². The lowest BCUT2D eigenvalue weighted by Crippen LogP contribution is -2.30. The molecule has 0 saturated carbocycles. The first kappa shape index (κ1) is 84.5. The van der Waals surface area contributed by atoms with E-state index in [1.54, 1.807) is 0 Å². The highest BCUT2D eigenvalue weighted by molar-refractivity contribution is 7.47. The van der Waals surface area contributed by atoms with Gasteiger partial charge in [0, 0.05) is 25.7 Å². The molecule has 0 rings (SSSR count). The van der Waals surface area contributed by atoms with Crippen molar-refractivity contribution in [2.24, 2.45) is 17.8 Å². The molecular weight excluding hydrogens is 1150 g/mol. The molecule has 512 valence electrons. The highest BCUT2D eigenvalue weighted by atomic mass is 31.2. The van der Waals surface area contributed by atoms with E-state index in [2.05, 4.69) is 72.8 Å². The van der Waals surface area contributed by atoms with Gasteiger partial charge in [0.2, 0.25) is 0 Å². The molecule has 0 saturated heterocycles. The van der Waals surface area contributed by atoms with Crippen LogP contribution in [0.1, 0.15) is 312 Å². The molecule has 0 bridgehead atoms. The van der Waals surface area contributed by atoms with Gasteiger partial charge in [-0.15, -0.1) is 0 Å². The van der Waals surface area contributed by atoms with E-state index in [4.69, 9.17) is 37.0 Å². The first-order chi connectivity index (χ1) is 41.7. The Kier molecular flexibility index (Phi) is 57.0. The van der Waals surface area contributed by atoms with Crippen LogP contribution < -0.4 is 0 Å². The third-order valence-corrected chi connectivity index (χ3v) is 16.9. The Balaban J connectivity index is 5.26. The maximum atomic E-state index is 13.0. The monoisotopic (exact) mass is 1280 g/mol. The molecule has 5 atom stereocenters. The van der Waals surface area contributed by atoms with E-state index < -0.39 is 97.5 Å². The Bertz CT molecular complexity index is 1810. The lowest BCUT2D eigenvalue weighted by Gasteiger charge is -2.21. The Hall–Kier alpha value is -2.46. The molecule has 0 aromatic rings. The van der Waals surface area contributed by atoms with Crippen LogP contribution in [-0.4, -0.2) is 96.7 Å². The SMILES string of the molecule is CCCCCC/C=C\C=C/CCCCCCCC(=O)OC[C@H](COP(=O)(O)OC[C@@H](O)COP(=O)(O)OC[C@@H](COC(=O)CCCCCCCCC(C)C)OC(=O)CCCCCCCCCCCCC(C)C)OC(=O)CCCCCCCCCC(C)C. The fourth-order valence-corrected chi connectivity index (χ4v) is 11.2. The van der Waals surface area contributed by atoms with Crippen LogP contribution in [-0.2, 0) is 65.4 Å². The van der Waals surface area contributed by atoms with E-state index in [1.165, 1.54) is 96.3 Å². The lowest BCUT2D eigenvalue weighted by molar-refractivity contribution is -0.161. The van der Waals surface area contributed by atoms with Gasteiger partial charge in [0.15, 0.2) is 12.2 Å². The second-order valence-corrected chi connectivity index (χ2v) is 28.2. The van der Waals surface area contributed by atoms with Gasteiger partial charge in [-0.2, -0.15) is 0 Å². The van der Waals surface area contributed by atoms with Crippen LogP contribution in [0.3, 0.4) is 0 Å². The Morgan fingerprint density at radius 2 is 0.621 bits per heavy atom. The first-order valence-corrected chi connectivity index (χ1v) is 37.7. The predicted octanol–water partition coefficient (Wildman–Crippen LogP) is 18.6. The molecule has 0 aliphatic heterocycles. The minimum atomic E-state index is -4.96. The number of esters is 4. The summed E-state index contributed by atoms with van der Waals surface area (Å²) in [6.07, 6.45) is 44.2. The van der Waals surface area contributed by atoms with E-state index in [9.17, 15) is 43.2 Å². The van der Waals surface area contributed by atoms with Crippen LogP contribution >= 0.6 is 15.6 Å². The summed E-state index contributed by atoms with van der Waals surface area (Å²) in [4.78, 5) is 72.3. The highest BCUT2D eigenvalue weighted by Crippen LogP contribution is 2.45. The average molecular weight is 1280 g/mol. The zero-order chi connectivity index (χ0) is 64.5. The molecule has 0 amide bonds. The van der Waals surface area contributed by atoms with Crippen LogP contribution in [0.15, 0.2) is 24.3 Å². The number of aliphatic hydroxyl groups excluding tert-OH is 1. The summed E-state index contributed by atoms with van der Waals surface area (Å²) >= 11 is 0. The number of rotatable bonds is 64. The zero-order valence-electron chi connectivity index (χ0n) is 56.0. The summed E-state index contributed by atoms with van der Waals surface area (Å²) in [5.41, 5.74) is 0. The summed E-state index contributed by atoms with van der Waals surface area (Å²) < 4.78 is 68.1. The second-order valence-electron chi connectivity index (χ2n) is 25.3. The molecule has 3 N–H and O–H groups in total. The van der Waals surface area contributed by atoms with Gasteiger partial charge in [-0.3, -0.25) is 37.3 Å². The Morgan fingerprint density at radius 3 is 0.931 bits per heavy atom. The molecule has 0 spiro atoms. The largest absolute Gasteiger partial charge is 0.472 e. The van der Waals surface area contributed by atoms with Gasteiger partial charge in [-0.1, -0.05) is 259 Å². The molecule has 0 radical (unpaired) electrons. The number of phosphoric acid groups is 2. The number of aliphatic hydroxyl groups is 1. The molecule has 0 aromatic heterocycles. The van der Waals surface area contributed by atoms with E-state index in [0.29, 0.717) is 37.5 Å². The van der Waals surface area contributed by atoms with Crippen molar-refractivity contribution in [3.63, 3.8) is 0 Å². The highest BCUT2D eigenvalue weighted by Gasteiger charge is 2.30. The quantitative estimate of drug-likeness (QED) is 0.0169. The molecule has 0 aliphatic carbocycles. The summed E-state index contributed by atoms with van der Waals surface area (Å²) in [6.45, 7) is 11.6. The molecular formula is C68H128O17P2. The van der Waals surface area contributed by atoms with Gasteiger partial charge < -0.3 is 33.8 Å². The summed E-state index contributed by atoms with van der Waals surface area (Å²) in [7, 11) is -9.91. The smallest absolute Gasteiger partial charge is 0.462 e. The van der Waals surface area contributed by atoms with E-state index >= 15 is 0 Å². The number of phosphoric ester groups is 2. The summed E-state index contributed by atoms with van der Waals surface area (Å²) in [5.74, 6) is -0.0440. The van der Waals surface area contributed by atoms with Crippen LogP contribution in [0.2, 0.25) is 0 Å². The van der Waals surface area contributed by atoms with Crippen molar-refractivity contribution in [3.05, 3.63) is 24.3 Å². The zero-order valence-corrected chi connectivity index (χ0v) is 57.7. The second kappa shape index (κ2) is 58.6. The number of hydrogen-bond acceptors (Lipinski definition) is 15. The lowest BCUT2D eigenvalue weighted by atomic mass is 10.0. The van der Waals surface area contributed by atoms with Gasteiger partial charge in [0.25, 0.3) is 0 Å². The number of carbonyl (C=O) groups excluding carboxylic acids is 4. The standard InChI is InChI=1S/C68H128O17P2/c1-8-9-10-11-12-13-14-15-16-17-18-22-27-35-42-49-65(70)78-55-63(85-68(73)52-45-38-29-24-26-33-40-47-60(4)5)57-82-86(74,75)80-53-62(69)54-81-87(76,77)83-58-64(56-79-66(71)50-43-36-31-30-34-41-48-61(6)7)84-67(72)51-44-37-28-23-20-19-21-25-32-39-46-59(2)3/h13-16,59-64,69H,8-12,17-58H2,1-7H3,(H,74,75)(H,76,77)/b14-13-,16-15-/t62-,63-,64-/m1/s1. The molecule has 0 heterocycles. The fourth-order valence-electron chi connectivity index (χ4n) is 9.65. The van der Waals surface area contributed by atoms with Gasteiger partial charge in [0.05, 0.1) is 26.4 Å². The number of hydrogen-bond donors (Lipinski definition) is 3. The molecule has 87 heavy (non-hydrogen) atoms. The number of allylic oxidation sites excluding steroid dienone is 4. The minimum absolute atomic E-state index is 0.0960. The number of carbonyl (C=O) groups is 4. The van der Waals surface area contributed by atoms with Crippen molar-refractivity contribution >= 4 is 39.5 Å². The van der Waals surface area contributed by atoms with Gasteiger partial charge in [0.1, 0.15) is 19.3 Å². The molecule has 0 fully saturated rings. The topological polar surface area (TPSA) is 237 Å². The van der Waals surface area contributed by atoms with Gasteiger partial charge in [-0.05, 0) is 69.1 Å². The predicted molar refractivity (Wildman–Crippen MR) is 349 cm³/mol. The van der Waals surface area contributed by atoms with Crippen LogP contribution in [0.4, 0.5) is 0 Å². The Labute approximate surface area is 529 Å². The van der Waals surface area contributed by atoms with Crippen molar-refractivity contribution < 1.29 is 80.2 Å². The maximum absolute atomic E-state index is 13.0. The molecule has 0 aliphatic rings. The van der Waals surface area contributed by atoms with E-state index in [-0.39, 0.29) is 25.7 Å². The third-order valence-electron chi connectivity index (χ3n) is 15.0. The molecule has 17 nitrogen and oxygen atoms in total. The normalized spacial score (nSPS) is 14.4. The van der Waals surface area contributed by atoms with Crippen LogP contribution in [0.5, 0.6) is 0 Å². The first-order valence-electron chi connectivity index (χ1n) is 34.7. The van der Waals surface area contributed by atoms with Crippen molar-refractivity contribution in [1.82, 2.24) is 0 Å². The number of unbranched alkanes of at least 4 members (excludes halogenated alkanes) is 29. The van der Waals surface area contributed by atoms with Gasteiger partial charge in [-0.25, -0.2) is 9.13 Å². The maximum Gasteiger partial charge on any atom is 0.472 e. The van der Waals surface area contributed by atoms with Crippen molar-refractivity contribution in [2.75, 3.05) is 39.6 Å². The van der Waals surface area contributed by atoms with E-state index in [0.717, 1.165) is 121 Å². The van der Waals surface area contributed by atoms with Gasteiger partial charge >= 0.3 is 39.5 Å². The number of ether oxygens (including phenoxy) is 4. The van der Waals surface area contributed by atoms with Crippen LogP contribution in [0, 0.1) is 17.8 Å². The summed E-state index contributed by atoms with van der Waals surface area (Å²) in [5, 5.41) is 10.6. The van der Waals surface area contributed by atoms with E-state index in [1.807, 2.05) is 0 Å². The molecule has 19 heteroatoms. The van der Waals surface area contributed by atoms with Crippen molar-refractivity contribution in [1.29, 1.82) is 0 Å². The van der Waals surface area contributed by atoms with Crippen molar-refractivity contribution in [2.45, 2.75) is 330 Å². The third kappa shape index (κ3) is 62.1. The Morgan fingerprint density at radius 1 is 0.356 bits per heavy atom. The molecule has 0 aromatic carbocycles. The van der Waals surface area contributed by atoms with Crippen molar-refractivity contribution in [3.8, 4) is 0 Å². The average Bonchev–Trinajstić information content (AvgIpc) is 3.61. The fraction of sp³-hybridized carbons (Fsp3) is 0.882. The molecule has 2 unspecified atom stereocenters.